The highest BCUT2D eigenvalue weighted by atomic mass is 19.4. The molecule has 89 valence electrons. The van der Waals surface area contributed by atoms with E-state index in [1.807, 2.05) is 0 Å². The first-order chi connectivity index (χ1) is 7.51. The predicted molar refractivity (Wildman–Crippen MR) is 56.2 cm³/mol. The van der Waals surface area contributed by atoms with E-state index in [4.69, 9.17) is 0 Å². The highest BCUT2D eigenvalue weighted by Gasteiger charge is 2.30. The largest absolute Gasteiger partial charge is 0.573 e. The van der Waals surface area contributed by atoms with Crippen molar-refractivity contribution in [2.75, 3.05) is 11.9 Å². The lowest BCUT2D eigenvalue weighted by molar-refractivity contribution is -0.274. The zero-order valence-corrected chi connectivity index (χ0v) is 8.68. The lowest BCUT2D eigenvalue weighted by Crippen LogP contribution is -2.17. The minimum absolute atomic E-state index is 0.213. The highest BCUT2D eigenvalue weighted by Crippen LogP contribution is 2.23. The second-order valence-electron chi connectivity index (χ2n) is 3.21. The summed E-state index contributed by atoms with van der Waals surface area (Å²) in [4.78, 5) is 0. The number of anilines is 1. The molecule has 2 nitrogen and oxygen atoms in total. The van der Waals surface area contributed by atoms with Gasteiger partial charge in [0.2, 0.25) is 0 Å². The highest BCUT2D eigenvalue weighted by molar-refractivity contribution is 5.46. The maximum atomic E-state index is 11.8. The Kier molecular flexibility index (Phi) is 4.46. The second kappa shape index (κ2) is 5.63. The van der Waals surface area contributed by atoms with Gasteiger partial charge in [-0.1, -0.05) is 13.3 Å². The van der Waals surface area contributed by atoms with E-state index in [0.29, 0.717) is 0 Å². The van der Waals surface area contributed by atoms with Crippen molar-refractivity contribution in [2.45, 2.75) is 19.2 Å². The summed E-state index contributed by atoms with van der Waals surface area (Å²) in [6, 6.07) is 5.65. The van der Waals surface area contributed by atoms with Gasteiger partial charge in [-0.05, 0) is 30.7 Å². The van der Waals surface area contributed by atoms with Crippen molar-refractivity contribution in [3.05, 3.63) is 31.2 Å². The van der Waals surface area contributed by atoms with E-state index in [1.165, 1.54) is 12.1 Å². The lowest BCUT2D eigenvalue weighted by atomic mass is 10.3. The summed E-state index contributed by atoms with van der Waals surface area (Å²) >= 11 is 0. The first kappa shape index (κ1) is 12.7. The van der Waals surface area contributed by atoms with Crippen LogP contribution in [0.5, 0.6) is 5.75 Å². The van der Waals surface area contributed by atoms with Gasteiger partial charge in [0.15, 0.2) is 0 Å². The van der Waals surface area contributed by atoms with Gasteiger partial charge in [-0.2, -0.15) is 0 Å². The minimum Gasteiger partial charge on any atom is -0.406 e. The molecule has 1 aromatic carbocycles. The van der Waals surface area contributed by atoms with Gasteiger partial charge in [0, 0.05) is 12.2 Å². The van der Waals surface area contributed by atoms with Crippen molar-refractivity contribution < 1.29 is 17.9 Å². The number of unbranched alkanes of at least 4 members (excludes halogenated alkanes) is 1. The SMILES string of the molecule is [CH2]CCCNc1ccc(OC(F)(F)F)cc1. The van der Waals surface area contributed by atoms with Gasteiger partial charge < -0.3 is 10.1 Å². The summed E-state index contributed by atoms with van der Waals surface area (Å²) in [5.74, 6) is -0.213. The van der Waals surface area contributed by atoms with Crippen LogP contribution in [0, 0.1) is 6.92 Å². The van der Waals surface area contributed by atoms with Crippen LogP contribution < -0.4 is 10.1 Å². The molecule has 0 spiro atoms. The normalized spacial score (nSPS) is 11.2. The molecule has 0 amide bonds. The minimum atomic E-state index is -4.64. The zero-order chi connectivity index (χ0) is 12.0. The van der Waals surface area contributed by atoms with Crippen molar-refractivity contribution in [3.63, 3.8) is 0 Å². The van der Waals surface area contributed by atoms with E-state index in [2.05, 4.69) is 17.0 Å². The van der Waals surface area contributed by atoms with Crippen LogP contribution in [0.3, 0.4) is 0 Å². The molecule has 1 radical (unpaired) electrons. The molecule has 0 saturated carbocycles. The predicted octanol–water partition coefficient (Wildman–Crippen LogP) is 3.61. The molecule has 0 saturated heterocycles. The molecule has 0 unspecified atom stereocenters. The van der Waals surface area contributed by atoms with Crippen LogP contribution in [0.15, 0.2) is 24.3 Å². The molecule has 1 N–H and O–H groups in total. The summed E-state index contributed by atoms with van der Waals surface area (Å²) in [5.41, 5.74) is 0.767. The van der Waals surface area contributed by atoms with E-state index in [0.717, 1.165) is 25.1 Å². The fourth-order valence-corrected chi connectivity index (χ4v) is 1.13. The van der Waals surface area contributed by atoms with Crippen LogP contribution in [-0.2, 0) is 0 Å². The van der Waals surface area contributed by atoms with E-state index >= 15 is 0 Å². The maximum absolute atomic E-state index is 11.8. The molecular weight excluding hydrogens is 219 g/mol. The van der Waals surface area contributed by atoms with Crippen molar-refractivity contribution in [1.29, 1.82) is 0 Å². The molecule has 0 aliphatic rings. The van der Waals surface area contributed by atoms with Crippen molar-refractivity contribution in [3.8, 4) is 5.75 Å². The fourth-order valence-electron chi connectivity index (χ4n) is 1.13. The Hall–Kier alpha value is -1.39. The maximum Gasteiger partial charge on any atom is 0.573 e. The van der Waals surface area contributed by atoms with Crippen molar-refractivity contribution >= 4 is 5.69 Å². The summed E-state index contributed by atoms with van der Waals surface area (Å²) in [7, 11) is 0. The summed E-state index contributed by atoms with van der Waals surface area (Å²) in [6.07, 6.45) is -2.90. The fraction of sp³-hybridized carbons (Fsp3) is 0.364. The summed E-state index contributed by atoms with van der Waals surface area (Å²) in [5, 5.41) is 3.06. The summed E-state index contributed by atoms with van der Waals surface area (Å²) < 4.78 is 39.3. The topological polar surface area (TPSA) is 21.3 Å². The van der Waals surface area contributed by atoms with Crippen LogP contribution >= 0.6 is 0 Å². The Balaban J connectivity index is 2.48. The van der Waals surface area contributed by atoms with Crippen LogP contribution in [0.1, 0.15) is 12.8 Å². The first-order valence-electron chi connectivity index (χ1n) is 4.90. The quantitative estimate of drug-likeness (QED) is 0.783. The van der Waals surface area contributed by atoms with E-state index in [-0.39, 0.29) is 5.75 Å². The van der Waals surface area contributed by atoms with E-state index in [1.54, 1.807) is 12.1 Å². The van der Waals surface area contributed by atoms with Gasteiger partial charge >= 0.3 is 6.36 Å². The Labute approximate surface area is 92.4 Å². The molecule has 16 heavy (non-hydrogen) atoms. The molecule has 5 heteroatoms. The number of halogens is 3. The molecule has 0 bridgehead atoms. The molecule has 0 atom stereocenters. The van der Waals surface area contributed by atoms with Gasteiger partial charge in [-0.25, -0.2) is 0 Å². The average Bonchev–Trinajstić information content (AvgIpc) is 2.19. The number of hydrogen-bond donors (Lipinski definition) is 1. The Morgan fingerprint density at radius 2 is 1.81 bits per heavy atom. The van der Waals surface area contributed by atoms with Crippen molar-refractivity contribution in [1.82, 2.24) is 0 Å². The standard InChI is InChI=1S/C11H13F3NO/c1-2-3-8-15-9-4-6-10(7-5-9)16-11(12,13)14/h4-7,15H,1-3,8H2. The third-order valence-electron chi connectivity index (χ3n) is 1.84. The third kappa shape index (κ3) is 4.91. The number of alkyl halides is 3. The molecule has 0 aliphatic carbocycles. The number of nitrogens with one attached hydrogen (secondary N) is 1. The van der Waals surface area contributed by atoms with Gasteiger partial charge in [-0.3, -0.25) is 0 Å². The molecule has 0 fully saturated rings. The molecular formula is C11H13F3NO. The number of benzene rings is 1. The molecule has 0 heterocycles. The number of rotatable bonds is 5. The lowest BCUT2D eigenvalue weighted by Gasteiger charge is -2.10. The van der Waals surface area contributed by atoms with Crippen LogP contribution in [0.4, 0.5) is 18.9 Å². The Morgan fingerprint density at radius 3 is 2.31 bits per heavy atom. The number of ether oxygens (including phenoxy) is 1. The van der Waals surface area contributed by atoms with Crippen LogP contribution in [0.25, 0.3) is 0 Å². The smallest absolute Gasteiger partial charge is 0.406 e. The Morgan fingerprint density at radius 1 is 1.19 bits per heavy atom. The van der Waals surface area contributed by atoms with Gasteiger partial charge in [0.05, 0.1) is 0 Å². The summed E-state index contributed by atoms with van der Waals surface area (Å²) in [6.45, 7) is 4.44. The van der Waals surface area contributed by atoms with Gasteiger partial charge in [0.1, 0.15) is 5.75 Å². The zero-order valence-electron chi connectivity index (χ0n) is 8.68. The van der Waals surface area contributed by atoms with Crippen LogP contribution in [0.2, 0.25) is 0 Å². The molecule has 1 aromatic rings. The third-order valence-corrected chi connectivity index (χ3v) is 1.84. The Bertz CT molecular complexity index is 308. The average molecular weight is 232 g/mol. The second-order valence-corrected chi connectivity index (χ2v) is 3.21. The van der Waals surface area contributed by atoms with Crippen molar-refractivity contribution in [2.24, 2.45) is 0 Å². The molecule has 1 rings (SSSR count). The van der Waals surface area contributed by atoms with Gasteiger partial charge in [-0.15, -0.1) is 13.2 Å². The van der Waals surface area contributed by atoms with Crippen LogP contribution in [-0.4, -0.2) is 12.9 Å². The monoisotopic (exact) mass is 232 g/mol. The first-order valence-corrected chi connectivity index (χ1v) is 4.90. The molecule has 0 aromatic heterocycles. The molecule has 0 aliphatic heterocycles. The van der Waals surface area contributed by atoms with E-state index in [9.17, 15) is 13.2 Å². The van der Waals surface area contributed by atoms with Gasteiger partial charge in [0.25, 0.3) is 0 Å². The number of hydrogen-bond acceptors (Lipinski definition) is 2. The van der Waals surface area contributed by atoms with E-state index < -0.39 is 6.36 Å².